The highest BCUT2D eigenvalue weighted by atomic mass is 16.5. The molecule has 1 aromatic rings. The molecule has 0 fully saturated rings. The molecule has 1 aromatic carbocycles. The predicted octanol–water partition coefficient (Wildman–Crippen LogP) is 1.11. The van der Waals surface area contributed by atoms with Crippen LogP contribution in [-0.2, 0) is 9.53 Å². The number of carbonyl (C=O) groups is 4. The Kier molecular flexibility index (Phi) is 4.36. The highest BCUT2D eigenvalue weighted by molar-refractivity contribution is 6.28. The standard InChI is InChI=1S/C15H14N2O5/c1-9(2)14(20)22-8-7-16-15(21)17-12(18)10-5-3-4-6-11(10)13(17)19/h3-6H,1,7-8H2,2H3,(H,16,21). The fourth-order valence-electron chi connectivity index (χ4n) is 1.88. The van der Waals surface area contributed by atoms with Crippen LogP contribution in [0.2, 0.25) is 0 Å². The predicted molar refractivity (Wildman–Crippen MR) is 76.1 cm³/mol. The third-order valence-electron chi connectivity index (χ3n) is 2.96. The summed E-state index contributed by atoms with van der Waals surface area (Å²) in [5.41, 5.74) is 0.624. The third-order valence-corrected chi connectivity index (χ3v) is 2.96. The van der Waals surface area contributed by atoms with Gasteiger partial charge in [0.05, 0.1) is 17.7 Å². The van der Waals surface area contributed by atoms with Crippen molar-refractivity contribution in [3.05, 3.63) is 47.5 Å². The molecule has 0 unspecified atom stereocenters. The van der Waals surface area contributed by atoms with Gasteiger partial charge in [0.25, 0.3) is 11.8 Å². The lowest BCUT2D eigenvalue weighted by molar-refractivity contribution is -0.138. The Bertz CT molecular complexity index is 645. The Morgan fingerprint density at radius 1 is 1.18 bits per heavy atom. The molecule has 0 atom stereocenters. The van der Waals surface area contributed by atoms with E-state index in [1.54, 1.807) is 12.1 Å². The molecule has 0 saturated carbocycles. The zero-order chi connectivity index (χ0) is 16.3. The molecule has 0 radical (unpaired) electrons. The Labute approximate surface area is 126 Å². The largest absolute Gasteiger partial charge is 0.460 e. The van der Waals surface area contributed by atoms with E-state index in [4.69, 9.17) is 4.74 Å². The number of hydrogen-bond donors (Lipinski definition) is 1. The van der Waals surface area contributed by atoms with Crippen molar-refractivity contribution in [3.8, 4) is 0 Å². The van der Waals surface area contributed by atoms with Gasteiger partial charge < -0.3 is 10.1 Å². The Balaban J connectivity index is 1.92. The second-order valence-electron chi connectivity index (χ2n) is 4.64. The lowest BCUT2D eigenvalue weighted by Crippen LogP contribution is -2.44. The van der Waals surface area contributed by atoms with Crippen LogP contribution < -0.4 is 5.32 Å². The van der Waals surface area contributed by atoms with Gasteiger partial charge in [0, 0.05) is 5.57 Å². The number of rotatable bonds is 4. The minimum atomic E-state index is -0.849. The summed E-state index contributed by atoms with van der Waals surface area (Å²) in [6.45, 7) is 4.81. The van der Waals surface area contributed by atoms with Gasteiger partial charge >= 0.3 is 12.0 Å². The van der Waals surface area contributed by atoms with E-state index < -0.39 is 23.8 Å². The molecule has 1 aliphatic heterocycles. The van der Waals surface area contributed by atoms with E-state index in [9.17, 15) is 19.2 Å². The highest BCUT2D eigenvalue weighted by Gasteiger charge is 2.39. The molecular weight excluding hydrogens is 288 g/mol. The summed E-state index contributed by atoms with van der Waals surface area (Å²) in [6, 6.07) is 5.34. The van der Waals surface area contributed by atoms with Crippen LogP contribution in [0.4, 0.5) is 4.79 Å². The van der Waals surface area contributed by atoms with Gasteiger partial charge in [0.1, 0.15) is 6.61 Å². The molecule has 0 bridgehead atoms. The smallest absolute Gasteiger partial charge is 0.333 e. The third kappa shape index (κ3) is 2.88. The zero-order valence-electron chi connectivity index (χ0n) is 11.9. The van der Waals surface area contributed by atoms with Crippen LogP contribution in [0.5, 0.6) is 0 Å². The van der Waals surface area contributed by atoms with Crippen LogP contribution in [-0.4, -0.2) is 41.9 Å². The summed E-state index contributed by atoms with van der Waals surface area (Å²) < 4.78 is 4.79. The first-order valence-electron chi connectivity index (χ1n) is 6.51. The first kappa shape index (κ1) is 15.4. The molecule has 2 rings (SSSR count). The lowest BCUT2D eigenvalue weighted by Gasteiger charge is -2.13. The first-order chi connectivity index (χ1) is 10.4. The zero-order valence-corrected chi connectivity index (χ0v) is 11.9. The number of fused-ring (bicyclic) bond motifs is 1. The molecular formula is C15H14N2O5. The lowest BCUT2D eigenvalue weighted by atomic mass is 10.1. The maximum Gasteiger partial charge on any atom is 0.333 e. The summed E-state index contributed by atoms with van der Waals surface area (Å²) in [5.74, 6) is -1.91. The molecule has 0 aromatic heterocycles. The first-order valence-corrected chi connectivity index (χ1v) is 6.51. The van der Waals surface area contributed by atoms with E-state index in [2.05, 4.69) is 11.9 Å². The van der Waals surface area contributed by atoms with Crippen molar-refractivity contribution in [3.63, 3.8) is 0 Å². The van der Waals surface area contributed by atoms with Crippen LogP contribution in [0.15, 0.2) is 36.4 Å². The van der Waals surface area contributed by atoms with E-state index in [1.165, 1.54) is 19.1 Å². The Morgan fingerprint density at radius 2 is 1.73 bits per heavy atom. The van der Waals surface area contributed by atoms with E-state index in [0.717, 1.165) is 0 Å². The van der Waals surface area contributed by atoms with E-state index in [1.807, 2.05) is 0 Å². The average Bonchev–Trinajstić information content (AvgIpc) is 2.75. The molecule has 0 spiro atoms. The van der Waals surface area contributed by atoms with Gasteiger partial charge in [-0.2, -0.15) is 4.90 Å². The van der Waals surface area contributed by atoms with Crippen molar-refractivity contribution in [1.82, 2.24) is 10.2 Å². The van der Waals surface area contributed by atoms with Gasteiger partial charge in [-0.25, -0.2) is 9.59 Å². The fourth-order valence-corrected chi connectivity index (χ4v) is 1.88. The van der Waals surface area contributed by atoms with Gasteiger partial charge in [-0.05, 0) is 19.1 Å². The molecule has 7 nitrogen and oxygen atoms in total. The van der Waals surface area contributed by atoms with Crippen LogP contribution in [0.25, 0.3) is 0 Å². The van der Waals surface area contributed by atoms with Crippen LogP contribution in [0, 0.1) is 0 Å². The molecule has 0 saturated heterocycles. The van der Waals surface area contributed by atoms with Crippen molar-refractivity contribution in [2.75, 3.05) is 13.2 Å². The van der Waals surface area contributed by atoms with Crippen molar-refractivity contribution in [2.24, 2.45) is 0 Å². The molecule has 7 heteroatoms. The fraction of sp³-hybridized carbons (Fsp3) is 0.200. The second-order valence-corrected chi connectivity index (χ2v) is 4.64. The number of urea groups is 1. The average molecular weight is 302 g/mol. The van der Waals surface area contributed by atoms with E-state index >= 15 is 0 Å². The monoisotopic (exact) mass is 302 g/mol. The normalized spacial score (nSPS) is 12.9. The number of nitrogens with one attached hydrogen (secondary N) is 1. The number of nitrogens with zero attached hydrogens (tertiary/aromatic N) is 1. The number of amides is 4. The van der Waals surface area contributed by atoms with Crippen LogP contribution in [0.1, 0.15) is 27.6 Å². The van der Waals surface area contributed by atoms with E-state index in [0.29, 0.717) is 4.90 Å². The molecule has 1 heterocycles. The Morgan fingerprint density at radius 3 is 2.23 bits per heavy atom. The molecule has 4 amide bonds. The van der Waals surface area contributed by atoms with Gasteiger partial charge in [0.2, 0.25) is 0 Å². The van der Waals surface area contributed by atoms with Gasteiger partial charge in [-0.3, -0.25) is 9.59 Å². The summed E-state index contributed by atoms with van der Waals surface area (Å²) in [4.78, 5) is 47.7. The number of hydrogen-bond acceptors (Lipinski definition) is 5. The maximum atomic E-state index is 12.0. The van der Waals surface area contributed by atoms with E-state index in [-0.39, 0.29) is 29.9 Å². The quantitative estimate of drug-likeness (QED) is 0.389. The van der Waals surface area contributed by atoms with Gasteiger partial charge in [-0.1, -0.05) is 18.7 Å². The second kappa shape index (κ2) is 6.21. The number of benzene rings is 1. The minimum Gasteiger partial charge on any atom is -0.460 e. The maximum absolute atomic E-state index is 12.0. The molecule has 0 aliphatic carbocycles. The summed E-state index contributed by atoms with van der Waals surface area (Å²) in [6.07, 6.45) is 0. The van der Waals surface area contributed by atoms with Crippen LogP contribution >= 0.6 is 0 Å². The molecule has 1 aliphatic rings. The van der Waals surface area contributed by atoms with Gasteiger partial charge in [0.15, 0.2) is 0 Å². The van der Waals surface area contributed by atoms with Crippen molar-refractivity contribution >= 4 is 23.8 Å². The molecule has 22 heavy (non-hydrogen) atoms. The Hall–Kier alpha value is -2.96. The number of carbonyl (C=O) groups excluding carboxylic acids is 4. The van der Waals surface area contributed by atoms with Crippen molar-refractivity contribution in [1.29, 1.82) is 0 Å². The number of imide groups is 3. The highest BCUT2D eigenvalue weighted by Crippen LogP contribution is 2.22. The number of ether oxygens (including phenoxy) is 1. The molecule has 114 valence electrons. The van der Waals surface area contributed by atoms with Crippen molar-refractivity contribution in [2.45, 2.75) is 6.92 Å². The SMILES string of the molecule is C=C(C)C(=O)OCCNC(=O)N1C(=O)c2ccccc2C1=O. The van der Waals surface area contributed by atoms with Crippen LogP contribution in [0.3, 0.4) is 0 Å². The van der Waals surface area contributed by atoms with Crippen molar-refractivity contribution < 1.29 is 23.9 Å². The summed E-state index contributed by atoms with van der Waals surface area (Å²) >= 11 is 0. The minimum absolute atomic E-state index is 0.0226. The number of esters is 1. The molecule has 1 N–H and O–H groups in total. The summed E-state index contributed by atoms with van der Waals surface area (Å²) in [7, 11) is 0. The summed E-state index contributed by atoms with van der Waals surface area (Å²) in [5, 5.41) is 2.35. The topological polar surface area (TPSA) is 92.8 Å². The van der Waals surface area contributed by atoms with Gasteiger partial charge in [-0.15, -0.1) is 0 Å².